The van der Waals surface area contributed by atoms with Gasteiger partial charge in [0.1, 0.15) is 0 Å². The Balaban J connectivity index is 2.05. The molecule has 2 aliphatic rings. The molecule has 0 heterocycles. The number of hydrogen-bond donors (Lipinski definition) is 1. The van der Waals surface area contributed by atoms with Gasteiger partial charge in [0.15, 0.2) is 0 Å². The molecular formula is C26H32O2. The van der Waals surface area contributed by atoms with Gasteiger partial charge in [0.2, 0.25) is 0 Å². The van der Waals surface area contributed by atoms with E-state index in [2.05, 4.69) is 64.1 Å². The van der Waals surface area contributed by atoms with Gasteiger partial charge in [-0.25, -0.2) is 0 Å². The van der Waals surface area contributed by atoms with Crippen molar-refractivity contribution in [2.75, 3.05) is 0 Å². The molecule has 28 heavy (non-hydrogen) atoms. The molecule has 148 valence electrons. The second-order valence-corrected chi connectivity index (χ2v) is 8.69. The summed E-state index contributed by atoms with van der Waals surface area (Å²) < 4.78 is 0. The van der Waals surface area contributed by atoms with Gasteiger partial charge in [-0.1, -0.05) is 91.8 Å². The number of aliphatic carboxylic acids is 1. The molecule has 5 atom stereocenters. The molecule has 5 unspecified atom stereocenters. The van der Waals surface area contributed by atoms with Crippen molar-refractivity contribution in [1.29, 1.82) is 0 Å². The van der Waals surface area contributed by atoms with Crippen LogP contribution >= 0.6 is 0 Å². The van der Waals surface area contributed by atoms with Gasteiger partial charge in [0.05, 0.1) is 5.41 Å². The topological polar surface area (TPSA) is 37.3 Å². The Morgan fingerprint density at radius 3 is 2.43 bits per heavy atom. The highest BCUT2D eigenvalue weighted by Crippen LogP contribution is 2.62. The van der Waals surface area contributed by atoms with E-state index in [9.17, 15) is 9.90 Å². The molecule has 1 N–H and O–H groups in total. The lowest BCUT2D eigenvalue weighted by Crippen LogP contribution is -2.53. The van der Waals surface area contributed by atoms with Gasteiger partial charge >= 0.3 is 5.97 Å². The standard InChI is InChI=1S/C26H32O2/c1-6-26(15-11-10-14-21-12-8-7-9-13-21)17-20(4)22-18(2)16-19(3)23(22)25(26,5)24(27)28/h7-18,22-23H,6H2,1-5H3,(H,27,28). The van der Waals surface area contributed by atoms with E-state index in [-0.39, 0.29) is 11.8 Å². The van der Waals surface area contributed by atoms with Crippen LogP contribution in [0.2, 0.25) is 0 Å². The molecule has 0 amide bonds. The van der Waals surface area contributed by atoms with E-state index in [0.29, 0.717) is 5.92 Å². The summed E-state index contributed by atoms with van der Waals surface area (Å²) in [6.07, 6.45) is 13.5. The van der Waals surface area contributed by atoms with Gasteiger partial charge in [-0.15, -0.1) is 0 Å². The van der Waals surface area contributed by atoms with Crippen LogP contribution < -0.4 is 0 Å². The number of carbonyl (C=O) groups is 1. The average Bonchev–Trinajstić information content (AvgIpc) is 2.98. The van der Waals surface area contributed by atoms with Crippen LogP contribution in [0, 0.1) is 28.6 Å². The maximum Gasteiger partial charge on any atom is 0.311 e. The van der Waals surface area contributed by atoms with Gasteiger partial charge < -0.3 is 5.11 Å². The molecule has 0 fully saturated rings. The highest BCUT2D eigenvalue weighted by atomic mass is 16.4. The first-order valence-corrected chi connectivity index (χ1v) is 10.3. The van der Waals surface area contributed by atoms with Gasteiger partial charge in [-0.3, -0.25) is 4.79 Å². The lowest BCUT2D eigenvalue weighted by Gasteiger charge is -2.53. The molecule has 0 radical (unpaired) electrons. The summed E-state index contributed by atoms with van der Waals surface area (Å²) >= 11 is 0. The van der Waals surface area contributed by atoms with E-state index in [4.69, 9.17) is 0 Å². The predicted molar refractivity (Wildman–Crippen MR) is 117 cm³/mol. The van der Waals surface area contributed by atoms with Crippen molar-refractivity contribution in [3.8, 4) is 0 Å². The molecule has 0 aliphatic heterocycles. The number of hydrogen-bond acceptors (Lipinski definition) is 1. The van der Waals surface area contributed by atoms with E-state index in [1.807, 2.05) is 37.3 Å². The largest absolute Gasteiger partial charge is 0.481 e. The summed E-state index contributed by atoms with van der Waals surface area (Å²) in [6.45, 7) is 10.6. The van der Waals surface area contributed by atoms with Gasteiger partial charge in [0.25, 0.3) is 0 Å². The van der Waals surface area contributed by atoms with Crippen LogP contribution in [-0.4, -0.2) is 11.1 Å². The van der Waals surface area contributed by atoms with Crippen molar-refractivity contribution in [2.45, 2.75) is 41.0 Å². The van der Waals surface area contributed by atoms with E-state index >= 15 is 0 Å². The van der Waals surface area contributed by atoms with Crippen LogP contribution in [0.3, 0.4) is 0 Å². The molecule has 1 aromatic carbocycles. The highest BCUT2D eigenvalue weighted by molar-refractivity contribution is 5.79. The van der Waals surface area contributed by atoms with Crippen molar-refractivity contribution in [3.05, 3.63) is 77.4 Å². The summed E-state index contributed by atoms with van der Waals surface area (Å²) in [4.78, 5) is 12.7. The second kappa shape index (κ2) is 7.58. The SMILES string of the molecule is CCC1(C=CC=Cc2ccccc2)C=C(C)C2C(C)C=C(C)C2C1(C)C(=O)O. The minimum absolute atomic E-state index is 0.0349. The molecule has 0 bridgehead atoms. The van der Waals surface area contributed by atoms with E-state index in [1.54, 1.807) is 0 Å². The lowest BCUT2D eigenvalue weighted by molar-refractivity contribution is -0.159. The Labute approximate surface area is 169 Å². The molecule has 0 spiro atoms. The molecular weight excluding hydrogens is 344 g/mol. The fourth-order valence-corrected chi connectivity index (χ4v) is 5.74. The van der Waals surface area contributed by atoms with Crippen molar-refractivity contribution in [1.82, 2.24) is 0 Å². The molecule has 2 aliphatic carbocycles. The summed E-state index contributed by atoms with van der Waals surface area (Å²) in [6, 6.07) is 10.2. The molecule has 1 aromatic rings. The zero-order valence-corrected chi connectivity index (χ0v) is 17.6. The number of carboxylic acids is 1. The highest BCUT2D eigenvalue weighted by Gasteiger charge is 2.61. The first-order valence-electron chi connectivity index (χ1n) is 10.3. The first kappa shape index (κ1) is 20.4. The number of rotatable bonds is 5. The summed E-state index contributed by atoms with van der Waals surface area (Å²) in [5.74, 6) is 0.00474. The Morgan fingerprint density at radius 2 is 1.82 bits per heavy atom. The van der Waals surface area contributed by atoms with Crippen molar-refractivity contribution < 1.29 is 9.90 Å². The zero-order chi connectivity index (χ0) is 20.5. The maximum atomic E-state index is 12.7. The van der Waals surface area contributed by atoms with Crippen molar-refractivity contribution >= 4 is 12.0 Å². The van der Waals surface area contributed by atoms with E-state index in [1.165, 1.54) is 11.1 Å². The van der Waals surface area contributed by atoms with Crippen LogP contribution in [0.5, 0.6) is 0 Å². The molecule has 3 rings (SSSR count). The van der Waals surface area contributed by atoms with Crippen molar-refractivity contribution in [2.24, 2.45) is 28.6 Å². The first-order chi connectivity index (χ1) is 13.3. The summed E-state index contributed by atoms with van der Waals surface area (Å²) in [5, 5.41) is 10.4. The smallest absolute Gasteiger partial charge is 0.311 e. The average molecular weight is 377 g/mol. The lowest BCUT2D eigenvalue weighted by atomic mass is 9.49. The summed E-state index contributed by atoms with van der Waals surface area (Å²) in [5.41, 5.74) is 2.31. The van der Waals surface area contributed by atoms with E-state index < -0.39 is 16.8 Å². The Bertz CT molecular complexity index is 858. The third-order valence-electron chi connectivity index (χ3n) is 7.16. The Kier molecular flexibility index (Phi) is 5.52. The quantitative estimate of drug-likeness (QED) is 0.468. The normalized spacial score (nSPS) is 35.1. The molecule has 0 saturated heterocycles. The van der Waals surface area contributed by atoms with Crippen LogP contribution in [0.25, 0.3) is 6.08 Å². The monoisotopic (exact) mass is 376 g/mol. The minimum Gasteiger partial charge on any atom is -0.481 e. The number of fused-ring (bicyclic) bond motifs is 1. The number of benzene rings is 1. The fourth-order valence-electron chi connectivity index (χ4n) is 5.74. The number of allylic oxidation sites excluding steroid dienone is 7. The minimum atomic E-state index is -0.867. The molecule has 0 aromatic heterocycles. The predicted octanol–water partition coefficient (Wildman–Crippen LogP) is 6.53. The summed E-state index contributed by atoms with van der Waals surface area (Å²) in [7, 11) is 0. The van der Waals surface area contributed by atoms with Gasteiger partial charge in [0, 0.05) is 11.3 Å². The van der Waals surface area contributed by atoms with Crippen LogP contribution in [0.15, 0.2) is 71.9 Å². The zero-order valence-electron chi connectivity index (χ0n) is 17.6. The van der Waals surface area contributed by atoms with Crippen molar-refractivity contribution in [3.63, 3.8) is 0 Å². The van der Waals surface area contributed by atoms with Gasteiger partial charge in [-0.2, -0.15) is 0 Å². The third-order valence-corrected chi connectivity index (χ3v) is 7.16. The molecule has 2 heteroatoms. The maximum absolute atomic E-state index is 12.7. The fraction of sp³-hybridized carbons (Fsp3) is 0.423. The molecule has 0 saturated carbocycles. The van der Waals surface area contributed by atoms with Crippen LogP contribution in [0.4, 0.5) is 0 Å². The second-order valence-electron chi connectivity index (χ2n) is 8.69. The Hall–Kier alpha value is -2.35. The van der Waals surface area contributed by atoms with E-state index in [0.717, 1.165) is 12.0 Å². The Morgan fingerprint density at radius 1 is 1.14 bits per heavy atom. The molecule has 2 nitrogen and oxygen atoms in total. The van der Waals surface area contributed by atoms with Crippen LogP contribution in [-0.2, 0) is 4.79 Å². The van der Waals surface area contributed by atoms with Crippen LogP contribution in [0.1, 0.15) is 46.6 Å². The van der Waals surface area contributed by atoms with Gasteiger partial charge in [-0.05, 0) is 44.6 Å². The number of carboxylic acid groups (broad SMARTS) is 1. The third kappa shape index (κ3) is 3.09.